The summed E-state index contributed by atoms with van der Waals surface area (Å²) in [5, 5.41) is 0. The lowest BCUT2D eigenvalue weighted by Gasteiger charge is -2.25. The van der Waals surface area contributed by atoms with Crippen LogP contribution in [-0.2, 0) is 27.1 Å². The van der Waals surface area contributed by atoms with E-state index in [1.54, 1.807) is 6.07 Å². The first-order chi connectivity index (χ1) is 8.17. The second-order valence-corrected chi connectivity index (χ2v) is 4.59. The summed E-state index contributed by atoms with van der Waals surface area (Å²) in [6, 6.07) is 4.54. The number of halogens is 1. The third-order valence-electron chi connectivity index (χ3n) is 3.30. The highest BCUT2D eigenvalue weighted by Gasteiger charge is 2.41. The van der Waals surface area contributed by atoms with Crippen molar-refractivity contribution >= 4 is 5.78 Å². The van der Waals surface area contributed by atoms with E-state index in [1.165, 1.54) is 12.1 Å². The monoisotopic (exact) mass is 236 g/mol. The van der Waals surface area contributed by atoms with Crippen LogP contribution in [0, 0.1) is 5.82 Å². The zero-order valence-electron chi connectivity index (χ0n) is 9.37. The Labute approximate surface area is 98.5 Å². The van der Waals surface area contributed by atoms with Crippen molar-refractivity contribution in [2.24, 2.45) is 0 Å². The van der Waals surface area contributed by atoms with Crippen LogP contribution in [0.2, 0.25) is 0 Å². The molecule has 1 heterocycles. The zero-order chi connectivity index (χ0) is 11.9. The quantitative estimate of drug-likeness (QED) is 0.686. The Hall–Kier alpha value is -1.26. The minimum atomic E-state index is -0.851. The predicted molar refractivity (Wildman–Crippen MR) is 58.1 cm³/mol. The Kier molecular flexibility index (Phi) is 2.49. The molecule has 1 aromatic rings. The fraction of sp³-hybridized carbons (Fsp3) is 0.462. The number of hydrogen-bond donors (Lipinski definition) is 0. The van der Waals surface area contributed by atoms with Gasteiger partial charge in [0.05, 0.1) is 19.6 Å². The number of hydrogen-bond acceptors (Lipinski definition) is 3. The summed E-state index contributed by atoms with van der Waals surface area (Å²) < 4.78 is 24.4. The topological polar surface area (TPSA) is 35.5 Å². The maximum absolute atomic E-state index is 13.2. The Morgan fingerprint density at radius 3 is 2.65 bits per heavy atom. The van der Waals surface area contributed by atoms with Gasteiger partial charge in [-0.15, -0.1) is 0 Å². The molecule has 1 saturated heterocycles. The molecule has 17 heavy (non-hydrogen) atoms. The molecule has 4 heteroatoms. The van der Waals surface area contributed by atoms with E-state index in [4.69, 9.17) is 9.47 Å². The van der Waals surface area contributed by atoms with Crippen LogP contribution in [0.3, 0.4) is 0 Å². The molecule has 2 aliphatic rings. The molecule has 0 N–H and O–H groups in total. The van der Waals surface area contributed by atoms with Crippen LogP contribution < -0.4 is 0 Å². The molecule has 0 radical (unpaired) electrons. The van der Waals surface area contributed by atoms with E-state index in [0.29, 0.717) is 26.1 Å². The Morgan fingerprint density at radius 1 is 1.12 bits per heavy atom. The van der Waals surface area contributed by atoms with Crippen molar-refractivity contribution in [1.29, 1.82) is 0 Å². The van der Waals surface area contributed by atoms with Crippen molar-refractivity contribution in [3.63, 3.8) is 0 Å². The molecule has 1 spiro atoms. The predicted octanol–water partition coefficient (Wildman–Crippen LogP) is 1.63. The van der Waals surface area contributed by atoms with Crippen LogP contribution in [0.4, 0.5) is 4.39 Å². The lowest BCUT2D eigenvalue weighted by Crippen LogP contribution is -2.34. The summed E-state index contributed by atoms with van der Waals surface area (Å²) in [5.41, 5.74) is 1.70. The molecular weight excluding hydrogens is 223 g/mol. The highest BCUT2D eigenvalue weighted by Crippen LogP contribution is 2.33. The molecule has 1 aliphatic heterocycles. The second-order valence-electron chi connectivity index (χ2n) is 4.59. The van der Waals surface area contributed by atoms with Crippen LogP contribution >= 0.6 is 0 Å². The Bertz CT molecular complexity index is 464. The molecule has 90 valence electrons. The SMILES string of the molecule is O=C1Cc2ccc(F)cc2CC2(C1)OCCO2. The van der Waals surface area contributed by atoms with Gasteiger partial charge in [0.25, 0.3) is 0 Å². The van der Waals surface area contributed by atoms with Crippen molar-refractivity contribution in [2.45, 2.75) is 25.0 Å². The largest absolute Gasteiger partial charge is 0.347 e. The summed E-state index contributed by atoms with van der Waals surface area (Å²) in [4.78, 5) is 11.8. The zero-order valence-corrected chi connectivity index (χ0v) is 9.37. The average Bonchev–Trinajstić information content (AvgIpc) is 2.64. The van der Waals surface area contributed by atoms with E-state index in [0.717, 1.165) is 11.1 Å². The van der Waals surface area contributed by atoms with Gasteiger partial charge in [0.15, 0.2) is 5.79 Å². The van der Waals surface area contributed by atoms with Crippen molar-refractivity contribution in [3.8, 4) is 0 Å². The molecule has 0 unspecified atom stereocenters. The molecule has 1 aromatic carbocycles. The normalized spacial score (nSPS) is 22.5. The van der Waals surface area contributed by atoms with Gasteiger partial charge >= 0.3 is 0 Å². The van der Waals surface area contributed by atoms with E-state index in [2.05, 4.69) is 0 Å². The lowest BCUT2D eigenvalue weighted by atomic mass is 10.0. The number of fused-ring (bicyclic) bond motifs is 1. The van der Waals surface area contributed by atoms with Gasteiger partial charge in [-0.1, -0.05) is 6.07 Å². The third-order valence-corrected chi connectivity index (χ3v) is 3.30. The molecule has 1 aliphatic carbocycles. The first kappa shape index (κ1) is 10.9. The van der Waals surface area contributed by atoms with Crippen molar-refractivity contribution in [2.75, 3.05) is 13.2 Å². The first-order valence-electron chi connectivity index (χ1n) is 5.74. The summed E-state index contributed by atoms with van der Waals surface area (Å²) in [6.45, 7) is 0.996. The minimum absolute atomic E-state index is 0.0808. The number of carbonyl (C=O) groups excluding carboxylic acids is 1. The average molecular weight is 236 g/mol. The molecule has 0 bridgehead atoms. The number of benzene rings is 1. The number of ketones is 1. The first-order valence-corrected chi connectivity index (χ1v) is 5.74. The second kappa shape index (κ2) is 3.89. The molecule has 0 saturated carbocycles. The number of Topliss-reactive ketones (excluding diaryl/α,β-unsaturated/α-hetero) is 1. The van der Waals surface area contributed by atoms with Crippen LogP contribution in [0.5, 0.6) is 0 Å². The lowest BCUT2D eigenvalue weighted by molar-refractivity contribution is -0.166. The van der Waals surface area contributed by atoms with Gasteiger partial charge in [0.2, 0.25) is 0 Å². The minimum Gasteiger partial charge on any atom is -0.347 e. The molecule has 0 aromatic heterocycles. The maximum Gasteiger partial charge on any atom is 0.179 e. The van der Waals surface area contributed by atoms with Gasteiger partial charge in [-0.25, -0.2) is 4.39 Å². The Balaban J connectivity index is 2.02. The highest BCUT2D eigenvalue weighted by molar-refractivity contribution is 5.82. The van der Waals surface area contributed by atoms with Crippen LogP contribution in [0.25, 0.3) is 0 Å². The summed E-state index contributed by atoms with van der Waals surface area (Å²) in [6.07, 6.45) is 1.04. The van der Waals surface area contributed by atoms with Gasteiger partial charge in [-0.2, -0.15) is 0 Å². The summed E-state index contributed by atoms with van der Waals surface area (Å²) in [7, 11) is 0. The summed E-state index contributed by atoms with van der Waals surface area (Å²) in [5.74, 6) is -1.06. The summed E-state index contributed by atoms with van der Waals surface area (Å²) >= 11 is 0. The molecular formula is C13H13FO3. The number of carbonyl (C=O) groups is 1. The Morgan fingerprint density at radius 2 is 1.88 bits per heavy atom. The van der Waals surface area contributed by atoms with Crippen molar-refractivity contribution in [1.82, 2.24) is 0 Å². The molecule has 3 nitrogen and oxygen atoms in total. The third kappa shape index (κ3) is 1.98. The van der Waals surface area contributed by atoms with Crippen molar-refractivity contribution < 1.29 is 18.7 Å². The van der Waals surface area contributed by atoms with E-state index < -0.39 is 5.79 Å². The van der Waals surface area contributed by atoms with Gasteiger partial charge in [-0.3, -0.25) is 4.79 Å². The highest BCUT2D eigenvalue weighted by atomic mass is 19.1. The van der Waals surface area contributed by atoms with E-state index in [1.807, 2.05) is 0 Å². The van der Waals surface area contributed by atoms with Gasteiger partial charge in [0, 0.05) is 12.8 Å². The molecule has 0 atom stereocenters. The van der Waals surface area contributed by atoms with E-state index in [-0.39, 0.29) is 18.0 Å². The van der Waals surface area contributed by atoms with E-state index >= 15 is 0 Å². The van der Waals surface area contributed by atoms with Gasteiger partial charge in [0.1, 0.15) is 11.6 Å². The fourth-order valence-corrected chi connectivity index (χ4v) is 2.56. The van der Waals surface area contributed by atoms with Crippen LogP contribution in [-0.4, -0.2) is 24.8 Å². The smallest absolute Gasteiger partial charge is 0.179 e. The van der Waals surface area contributed by atoms with Crippen LogP contribution in [0.15, 0.2) is 18.2 Å². The molecule has 1 fully saturated rings. The van der Waals surface area contributed by atoms with E-state index in [9.17, 15) is 9.18 Å². The number of ether oxygens (including phenoxy) is 2. The fourth-order valence-electron chi connectivity index (χ4n) is 2.56. The van der Waals surface area contributed by atoms with Gasteiger partial charge < -0.3 is 9.47 Å². The standard InChI is InChI=1S/C13H13FO3/c14-11-2-1-9-6-12(15)8-13(7-10(9)5-11)16-3-4-17-13/h1-2,5H,3-4,6-8H2. The molecule has 0 amide bonds. The van der Waals surface area contributed by atoms with Crippen LogP contribution in [0.1, 0.15) is 17.5 Å². The maximum atomic E-state index is 13.2. The van der Waals surface area contributed by atoms with Gasteiger partial charge in [-0.05, 0) is 23.3 Å². The molecule has 3 rings (SSSR count). The van der Waals surface area contributed by atoms with Crippen molar-refractivity contribution in [3.05, 3.63) is 35.1 Å². The number of rotatable bonds is 0.